The molecular formula is C21H24N6O. The molecule has 0 spiro atoms. The lowest BCUT2D eigenvalue weighted by atomic mass is 10.2. The van der Waals surface area contributed by atoms with Crippen molar-refractivity contribution < 1.29 is 0 Å². The fourth-order valence-corrected chi connectivity index (χ4v) is 4.14. The molecule has 5 rings (SSSR count). The Bertz CT molecular complexity index is 1050. The molecule has 3 heterocycles. The van der Waals surface area contributed by atoms with Gasteiger partial charge in [0.2, 0.25) is 0 Å². The third-order valence-corrected chi connectivity index (χ3v) is 5.78. The van der Waals surface area contributed by atoms with E-state index < -0.39 is 0 Å². The van der Waals surface area contributed by atoms with Crippen LogP contribution in [0.25, 0.3) is 11.0 Å². The summed E-state index contributed by atoms with van der Waals surface area (Å²) in [4.78, 5) is 26.2. The van der Waals surface area contributed by atoms with Gasteiger partial charge in [-0.25, -0.2) is 9.67 Å². The second-order valence-corrected chi connectivity index (χ2v) is 7.58. The second-order valence-electron chi connectivity index (χ2n) is 7.58. The highest BCUT2D eigenvalue weighted by Gasteiger charge is 2.19. The lowest BCUT2D eigenvalue weighted by Crippen LogP contribution is -2.48. The average molecular weight is 376 g/mol. The van der Waals surface area contributed by atoms with Crippen molar-refractivity contribution in [3.05, 3.63) is 58.1 Å². The SMILES string of the molecule is O=c1cc2c(nn1CCN1CCN(c3cnc4ccccc4n3)CC1)CCC2. The van der Waals surface area contributed by atoms with E-state index >= 15 is 0 Å². The van der Waals surface area contributed by atoms with Gasteiger partial charge in [-0.3, -0.25) is 14.7 Å². The third-order valence-electron chi connectivity index (χ3n) is 5.78. The van der Waals surface area contributed by atoms with Crippen molar-refractivity contribution in [3.8, 4) is 0 Å². The van der Waals surface area contributed by atoms with Gasteiger partial charge in [0.1, 0.15) is 5.82 Å². The normalized spacial score (nSPS) is 17.2. The Hall–Kier alpha value is -2.80. The molecule has 2 aromatic heterocycles. The molecule has 1 aliphatic carbocycles. The first-order valence-corrected chi connectivity index (χ1v) is 10.1. The minimum absolute atomic E-state index is 0.0331. The van der Waals surface area contributed by atoms with Crippen molar-refractivity contribution in [2.75, 3.05) is 37.6 Å². The van der Waals surface area contributed by atoms with Crippen LogP contribution in [-0.4, -0.2) is 57.4 Å². The molecule has 0 saturated carbocycles. The molecular weight excluding hydrogens is 352 g/mol. The first kappa shape index (κ1) is 17.3. The van der Waals surface area contributed by atoms with E-state index in [2.05, 4.69) is 19.9 Å². The quantitative estimate of drug-likeness (QED) is 0.687. The van der Waals surface area contributed by atoms with Gasteiger partial charge < -0.3 is 4.90 Å². The summed E-state index contributed by atoms with van der Waals surface area (Å²) < 4.78 is 1.64. The Kier molecular flexibility index (Phi) is 4.52. The molecule has 1 saturated heterocycles. The number of aryl methyl sites for hydroxylation is 2. The fraction of sp³-hybridized carbons (Fsp3) is 0.429. The van der Waals surface area contributed by atoms with Gasteiger partial charge in [-0.2, -0.15) is 5.10 Å². The number of hydrogen-bond donors (Lipinski definition) is 0. The number of nitrogens with zero attached hydrogens (tertiary/aromatic N) is 6. The molecule has 3 aromatic rings. The Morgan fingerprint density at radius 3 is 2.64 bits per heavy atom. The zero-order chi connectivity index (χ0) is 18.9. The van der Waals surface area contributed by atoms with Crippen LogP contribution in [0.15, 0.2) is 41.3 Å². The third kappa shape index (κ3) is 3.38. The van der Waals surface area contributed by atoms with Crippen molar-refractivity contribution in [1.29, 1.82) is 0 Å². The molecule has 1 aliphatic heterocycles. The summed E-state index contributed by atoms with van der Waals surface area (Å²) in [5.74, 6) is 0.940. The van der Waals surface area contributed by atoms with E-state index in [-0.39, 0.29) is 5.56 Å². The molecule has 0 atom stereocenters. The van der Waals surface area contributed by atoms with Gasteiger partial charge in [0.25, 0.3) is 5.56 Å². The molecule has 0 unspecified atom stereocenters. The molecule has 0 N–H and O–H groups in total. The summed E-state index contributed by atoms with van der Waals surface area (Å²) in [5.41, 5.74) is 4.15. The zero-order valence-electron chi connectivity index (χ0n) is 15.9. The molecule has 0 bridgehead atoms. The van der Waals surface area contributed by atoms with Gasteiger partial charge in [-0.1, -0.05) is 12.1 Å². The number of piperazine rings is 1. The topological polar surface area (TPSA) is 67.2 Å². The van der Waals surface area contributed by atoms with Gasteiger partial charge in [-0.05, 0) is 37.0 Å². The highest BCUT2D eigenvalue weighted by atomic mass is 16.1. The Morgan fingerprint density at radius 1 is 0.964 bits per heavy atom. The summed E-state index contributed by atoms with van der Waals surface area (Å²) in [6, 6.07) is 9.75. The van der Waals surface area contributed by atoms with Crippen LogP contribution >= 0.6 is 0 Å². The molecule has 7 heteroatoms. The standard InChI is InChI=1S/C21H24N6O/c28-21-14-16-4-3-7-17(16)24-27(21)13-10-25-8-11-26(12-9-25)20-15-22-18-5-1-2-6-19(18)23-20/h1-2,5-6,14-15H,3-4,7-13H2. The summed E-state index contributed by atoms with van der Waals surface area (Å²) >= 11 is 0. The van der Waals surface area contributed by atoms with Crippen molar-refractivity contribution in [2.45, 2.75) is 25.8 Å². The van der Waals surface area contributed by atoms with E-state index in [0.29, 0.717) is 6.54 Å². The van der Waals surface area contributed by atoms with E-state index in [4.69, 9.17) is 4.98 Å². The summed E-state index contributed by atoms with van der Waals surface area (Å²) in [6.07, 6.45) is 4.98. The summed E-state index contributed by atoms with van der Waals surface area (Å²) in [5, 5.41) is 4.58. The molecule has 28 heavy (non-hydrogen) atoms. The predicted molar refractivity (Wildman–Crippen MR) is 109 cm³/mol. The highest BCUT2D eigenvalue weighted by Crippen LogP contribution is 2.18. The predicted octanol–water partition coefficient (Wildman–Crippen LogP) is 1.50. The van der Waals surface area contributed by atoms with E-state index in [1.54, 1.807) is 10.7 Å². The van der Waals surface area contributed by atoms with E-state index in [1.165, 1.54) is 0 Å². The van der Waals surface area contributed by atoms with Crippen LogP contribution in [0.5, 0.6) is 0 Å². The van der Waals surface area contributed by atoms with Gasteiger partial charge >= 0.3 is 0 Å². The second kappa shape index (κ2) is 7.31. The molecule has 7 nitrogen and oxygen atoms in total. The smallest absolute Gasteiger partial charge is 0.267 e. The Balaban J connectivity index is 1.20. The Morgan fingerprint density at radius 2 is 1.79 bits per heavy atom. The maximum Gasteiger partial charge on any atom is 0.267 e. The molecule has 144 valence electrons. The van der Waals surface area contributed by atoms with Gasteiger partial charge in [0.15, 0.2) is 0 Å². The fourth-order valence-electron chi connectivity index (χ4n) is 4.14. The van der Waals surface area contributed by atoms with Crippen LogP contribution in [0.3, 0.4) is 0 Å². The number of benzene rings is 1. The molecule has 1 fully saturated rings. The van der Waals surface area contributed by atoms with Crippen LogP contribution in [-0.2, 0) is 19.4 Å². The zero-order valence-corrected chi connectivity index (χ0v) is 15.9. The van der Waals surface area contributed by atoms with Crippen molar-refractivity contribution in [2.24, 2.45) is 0 Å². The highest BCUT2D eigenvalue weighted by molar-refractivity contribution is 5.75. The van der Waals surface area contributed by atoms with E-state index in [1.807, 2.05) is 30.5 Å². The number of anilines is 1. The van der Waals surface area contributed by atoms with Gasteiger partial charge in [0.05, 0.1) is 29.5 Å². The summed E-state index contributed by atoms with van der Waals surface area (Å²) in [7, 11) is 0. The minimum Gasteiger partial charge on any atom is -0.353 e. The first-order chi connectivity index (χ1) is 13.8. The molecule has 0 radical (unpaired) electrons. The minimum atomic E-state index is 0.0331. The summed E-state index contributed by atoms with van der Waals surface area (Å²) in [6.45, 7) is 5.24. The number of fused-ring (bicyclic) bond motifs is 2. The number of hydrogen-bond acceptors (Lipinski definition) is 6. The number of aromatic nitrogens is 4. The van der Waals surface area contributed by atoms with Crippen molar-refractivity contribution in [1.82, 2.24) is 24.6 Å². The average Bonchev–Trinajstić information content (AvgIpc) is 3.19. The molecule has 0 amide bonds. The van der Waals surface area contributed by atoms with Crippen molar-refractivity contribution >= 4 is 16.9 Å². The Labute approximate surface area is 163 Å². The molecule has 2 aliphatic rings. The number of para-hydroxylation sites is 2. The van der Waals surface area contributed by atoms with Gasteiger partial charge in [0, 0.05) is 38.8 Å². The maximum atomic E-state index is 12.3. The van der Waals surface area contributed by atoms with Crippen LogP contribution in [0.1, 0.15) is 17.7 Å². The van der Waals surface area contributed by atoms with Crippen molar-refractivity contribution in [3.63, 3.8) is 0 Å². The lowest BCUT2D eigenvalue weighted by Gasteiger charge is -2.35. The van der Waals surface area contributed by atoms with Crippen LogP contribution < -0.4 is 10.5 Å². The van der Waals surface area contributed by atoms with Crippen LogP contribution in [0.4, 0.5) is 5.82 Å². The largest absolute Gasteiger partial charge is 0.353 e. The van der Waals surface area contributed by atoms with E-state index in [0.717, 1.165) is 80.1 Å². The number of rotatable bonds is 4. The monoisotopic (exact) mass is 376 g/mol. The molecule has 1 aromatic carbocycles. The maximum absolute atomic E-state index is 12.3. The van der Waals surface area contributed by atoms with Crippen LogP contribution in [0, 0.1) is 0 Å². The first-order valence-electron chi connectivity index (χ1n) is 10.1. The van der Waals surface area contributed by atoms with Gasteiger partial charge in [-0.15, -0.1) is 0 Å². The van der Waals surface area contributed by atoms with E-state index in [9.17, 15) is 4.79 Å². The lowest BCUT2D eigenvalue weighted by molar-refractivity contribution is 0.242. The van der Waals surface area contributed by atoms with Crippen LogP contribution in [0.2, 0.25) is 0 Å².